The predicted octanol–water partition coefficient (Wildman–Crippen LogP) is 1.87. The summed E-state index contributed by atoms with van der Waals surface area (Å²) in [4.78, 5) is 10.7. The molecule has 4 nitrogen and oxygen atoms in total. The minimum Gasteiger partial charge on any atom is -0.352 e. The summed E-state index contributed by atoms with van der Waals surface area (Å²) < 4.78 is 13.7. The highest BCUT2D eigenvalue weighted by Crippen LogP contribution is 2.23. The first-order valence-electron chi connectivity index (χ1n) is 6.38. The number of alkyl halides is 1. The Morgan fingerprint density at radius 1 is 1.22 bits per heavy atom. The minimum absolute atomic E-state index is 0.377. The maximum absolute atomic E-state index is 13.7. The van der Waals surface area contributed by atoms with E-state index in [0.717, 1.165) is 18.9 Å². The van der Waals surface area contributed by atoms with Crippen LogP contribution in [0.15, 0.2) is 12.4 Å². The van der Waals surface area contributed by atoms with E-state index >= 15 is 0 Å². The summed E-state index contributed by atoms with van der Waals surface area (Å²) in [5.74, 6) is 0.822. The molecule has 18 heavy (non-hydrogen) atoms. The van der Waals surface area contributed by atoms with Crippen LogP contribution in [0, 0.1) is 0 Å². The fraction of sp³-hybridized carbons (Fsp3) is 0.692. The molecule has 5 heteroatoms. The highest BCUT2D eigenvalue weighted by atomic mass is 19.1. The molecule has 2 rings (SSSR count). The van der Waals surface area contributed by atoms with Crippen molar-refractivity contribution in [2.75, 3.05) is 18.0 Å². The molecule has 1 aromatic rings. The lowest BCUT2D eigenvalue weighted by Gasteiger charge is -2.36. The van der Waals surface area contributed by atoms with Gasteiger partial charge in [0.2, 0.25) is 0 Å². The van der Waals surface area contributed by atoms with Crippen LogP contribution in [0.2, 0.25) is 0 Å². The molecule has 1 saturated heterocycles. The Bertz CT molecular complexity index is 388. The number of hydrogen-bond donors (Lipinski definition) is 1. The van der Waals surface area contributed by atoms with E-state index in [2.05, 4.69) is 34.0 Å². The van der Waals surface area contributed by atoms with Crippen molar-refractivity contribution in [3.8, 4) is 0 Å². The van der Waals surface area contributed by atoms with Gasteiger partial charge in [0.15, 0.2) is 0 Å². The summed E-state index contributed by atoms with van der Waals surface area (Å²) in [6.45, 7) is 9.08. The summed E-state index contributed by atoms with van der Waals surface area (Å²) >= 11 is 0. The molecule has 1 fully saturated rings. The van der Waals surface area contributed by atoms with Gasteiger partial charge in [-0.2, -0.15) is 0 Å². The average Bonchev–Trinajstić information content (AvgIpc) is 2.27. The number of aromatic nitrogens is 2. The second-order valence-corrected chi connectivity index (χ2v) is 5.61. The molecule has 2 heterocycles. The highest BCUT2D eigenvalue weighted by molar-refractivity contribution is 5.37. The fourth-order valence-electron chi connectivity index (χ4n) is 2.31. The van der Waals surface area contributed by atoms with Gasteiger partial charge in [-0.3, -0.25) is 4.98 Å². The van der Waals surface area contributed by atoms with Crippen molar-refractivity contribution < 1.29 is 4.39 Å². The molecule has 0 amide bonds. The summed E-state index contributed by atoms with van der Waals surface area (Å²) in [5.41, 5.74) is -1.06. The lowest BCUT2D eigenvalue weighted by molar-refractivity contribution is 0.213. The Kier molecular flexibility index (Phi) is 3.52. The van der Waals surface area contributed by atoms with Crippen LogP contribution in [0.5, 0.6) is 0 Å². The molecular formula is C13H21FN4. The second kappa shape index (κ2) is 4.80. The normalized spacial score (nSPS) is 25.3. The zero-order chi connectivity index (χ0) is 13.3. The summed E-state index contributed by atoms with van der Waals surface area (Å²) in [7, 11) is 0. The molecule has 0 saturated carbocycles. The zero-order valence-electron chi connectivity index (χ0n) is 11.4. The SMILES string of the molecule is CC1CN(c2cnc(C(C)(C)F)cn2)C[C@@H](C)N1. The first-order valence-corrected chi connectivity index (χ1v) is 6.38. The first-order chi connectivity index (χ1) is 8.36. The molecule has 1 aliphatic rings. The molecule has 0 bridgehead atoms. The minimum atomic E-state index is -1.43. The van der Waals surface area contributed by atoms with E-state index in [1.165, 1.54) is 20.0 Å². The first kappa shape index (κ1) is 13.2. The highest BCUT2D eigenvalue weighted by Gasteiger charge is 2.24. The molecule has 0 radical (unpaired) electrons. The van der Waals surface area contributed by atoms with Gasteiger partial charge in [-0.1, -0.05) is 0 Å². The van der Waals surface area contributed by atoms with Crippen LogP contribution in [0.1, 0.15) is 33.4 Å². The van der Waals surface area contributed by atoms with Crippen LogP contribution in [0.3, 0.4) is 0 Å². The molecule has 100 valence electrons. The number of nitrogens with zero attached hydrogens (tertiary/aromatic N) is 3. The van der Waals surface area contributed by atoms with Gasteiger partial charge in [0.05, 0.1) is 18.1 Å². The Hall–Kier alpha value is -1.23. The average molecular weight is 252 g/mol. The Morgan fingerprint density at radius 3 is 2.28 bits per heavy atom. The van der Waals surface area contributed by atoms with Gasteiger partial charge >= 0.3 is 0 Å². The van der Waals surface area contributed by atoms with E-state index in [-0.39, 0.29) is 0 Å². The van der Waals surface area contributed by atoms with E-state index in [0.29, 0.717) is 17.8 Å². The largest absolute Gasteiger partial charge is 0.352 e. The molecule has 0 aliphatic carbocycles. The van der Waals surface area contributed by atoms with Crippen molar-refractivity contribution in [1.29, 1.82) is 0 Å². The van der Waals surface area contributed by atoms with E-state index in [4.69, 9.17) is 0 Å². The Morgan fingerprint density at radius 2 is 1.83 bits per heavy atom. The van der Waals surface area contributed by atoms with Gasteiger partial charge in [-0.05, 0) is 27.7 Å². The van der Waals surface area contributed by atoms with Crippen LogP contribution in [-0.2, 0) is 5.67 Å². The number of nitrogens with one attached hydrogen (secondary N) is 1. The second-order valence-electron chi connectivity index (χ2n) is 5.61. The molecule has 0 spiro atoms. The van der Waals surface area contributed by atoms with Crippen molar-refractivity contribution in [3.05, 3.63) is 18.1 Å². The van der Waals surface area contributed by atoms with Crippen molar-refractivity contribution in [3.63, 3.8) is 0 Å². The molecule has 1 aliphatic heterocycles. The van der Waals surface area contributed by atoms with Gasteiger partial charge < -0.3 is 10.2 Å². The van der Waals surface area contributed by atoms with Crippen molar-refractivity contribution in [2.24, 2.45) is 0 Å². The third kappa shape index (κ3) is 2.96. The number of halogens is 1. The summed E-state index contributed by atoms with van der Waals surface area (Å²) in [5, 5.41) is 3.46. The molecular weight excluding hydrogens is 231 g/mol. The van der Waals surface area contributed by atoms with Crippen molar-refractivity contribution in [2.45, 2.75) is 45.4 Å². The van der Waals surface area contributed by atoms with Gasteiger partial charge in [0.1, 0.15) is 11.5 Å². The van der Waals surface area contributed by atoms with Crippen LogP contribution < -0.4 is 10.2 Å². The number of anilines is 1. The summed E-state index contributed by atoms with van der Waals surface area (Å²) in [6.07, 6.45) is 3.20. The quantitative estimate of drug-likeness (QED) is 0.872. The standard InChI is InChI=1S/C13H21FN4/c1-9-7-18(8-10(2)17-9)12-6-15-11(5-16-12)13(3,4)14/h5-6,9-10,17H,7-8H2,1-4H3/t9-,10?/m1/s1. The maximum Gasteiger partial charge on any atom is 0.148 e. The van der Waals surface area contributed by atoms with Crippen LogP contribution in [-0.4, -0.2) is 35.1 Å². The molecule has 0 aromatic carbocycles. The van der Waals surface area contributed by atoms with E-state index in [9.17, 15) is 4.39 Å². The lowest BCUT2D eigenvalue weighted by atomic mass is 10.1. The molecule has 1 unspecified atom stereocenters. The number of rotatable bonds is 2. The zero-order valence-corrected chi connectivity index (χ0v) is 11.4. The number of piperazine rings is 1. The lowest BCUT2D eigenvalue weighted by Crippen LogP contribution is -2.54. The van der Waals surface area contributed by atoms with Crippen LogP contribution in [0.25, 0.3) is 0 Å². The molecule has 2 atom stereocenters. The Balaban J connectivity index is 2.14. The molecule has 1 aromatic heterocycles. The van der Waals surface area contributed by atoms with E-state index in [1.54, 1.807) is 6.20 Å². The van der Waals surface area contributed by atoms with Gasteiger partial charge in [-0.25, -0.2) is 9.37 Å². The van der Waals surface area contributed by atoms with Gasteiger partial charge in [0, 0.05) is 25.2 Å². The third-order valence-corrected chi connectivity index (χ3v) is 3.13. The number of hydrogen-bond acceptors (Lipinski definition) is 4. The predicted molar refractivity (Wildman–Crippen MR) is 70.4 cm³/mol. The molecule has 1 N–H and O–H groups in total. The van der Waals surface area contributed by atoms with Crippen LogP contribution >= 0.6 is 0 Å². The van der Waals surface area contributed by atoms with Crippen molar-refractivity contribution in [1.82, 2.24) is 15.3 Å². The smallest absolute Gasteiger partial charge is 0.148 e. The third-order valence-electron chi connectivity index (χ3n) is 3.13. The topological polar surface area (TPSA) is 41.1 Å². The van der Waals surface area contributed by atoms with E-state index < -0.39 is 5.67 Å². The summed E-state index contributed by atoms with van der Waals surface area (Å²) in [6, 6.07) is 0.848. The maximum atomic E-state index is 13.7. The Labute approximate surface area is 108 Å². The van der Waals surface area contributed by atoms with Crippen LogP contribution in [0.4, 0.5) is 10.2 Å². The van der Waals surface area contributed by atoms with Gasteiger partial charge in [0.25, 0.3) is 0 Å². The monoisotopic (exact) mass is 252 g/mol. The fourth-order valence-corrected chi connectivity index (χ4v) is 2.31. The van der Waals surface area contributed by atoms with Gasteiger partial charge in [-0.15, -0.1) is 0 Å². The van der Waals surface area contributed by atoms with Crippen molar-refractivity contribution >= 4 is 5.82 Å². The van der Waals surface area contributed by atoms with E-state index in [1.807, 2.05) is 0 Å².